The molecule has 0 fully saturated rings. The number of esters is 1. The van der Waals surface area contributed by atoms with Gasteiger partial charge in [-0.2, -0.15) is 13.2 Å². The largest absolute Gasteiger partial charge is 0.493 e. The van der Waals surface area contributed by atoms with Gasteiger partial charge in [0.2, 0.25) is 11.2 Å². The maximum absolute atomic E-state index is 14.2. The second-order valence-electron chi connectivity index (χ2n) is 8.69. The Morgan fingerprint density at radius 2 is 1.60 bits per heavy atom. The zero-order chi connectivity index (χ0) is 28.4. The molecule has 0 unspecified atom stereocenters. The molecule has 0 bridgehead atoms. The smallest absolute Gasteiger partial charge is 0.450 e. The Morgan fingerprint density at radius 3 is 2.35 bits per heavy atom. The number of carbonyl (C=O) groups excluding carboxylic acids is 1. The number of halogens is 3. The average molecular weight is 546 g/mol. The SMILES string of the molecule is COc1ccc(C=CC(=O)Oc2ccc3c(=O)c(-c4cccc5ccccc45)c(C(F)(F)F)oc3c2)cc1OC. The Balaban J connectivity index is 1.51. The van der Waals surface area contributed by atoms with Crippen LogP contribution in [0.2, 0.25) is 0 Å². The van der Waals surface area contributed by atoms with E-state index in [1.807, 2.05) is 0 Å². The van der Waals surface area contributed by atoms with Crippen LogP contribution in [0.15, 0.2) is 94.2 Å². The summed E-state index contributed by atoms with van der Waals surface area (Å²) in [5, 5.41) is 1.07. The van der Waals surface area contributed by atoms with Crippen LogP contribution in [0.4, 0.5) is 13.2 Å². The van der Waals surface area contributed by atoms with Crippen molar-refractivity contribution in [1.82, 2.24) is 0 Å². The van der Waals surface area contributed by atoms with Crippen molar-refractivity contribution in [3.05, 3.63) is 106 Å². The molecule has 0 N–H and O–H groups in total. The summed E-state index contributed by atoms with van der Waals surface area (Å²) in [6.45, 7) is 0. The second-order valence-corrected chi connectivity index (χ2v) is 8.69. The fourth-order valence-electron chi connectivity index (χ4n) is 4.40. The van der Waals surface area contributed by atoms with Gasteiger partial charge in [-0.15, -0.1) is 0 Å². The molecule has 0 saturated carbocycles. The molecule has 5 rings (SSSR count). The Bertz CT molecular complexity index is 1830. The highest BCUT2D eigenvalue weighted by Crippen LogP contribution is 2.40. The highest BCUT2D eigenvalue weighted by atomic mass is 19.4. The van der Waals surface area contributed by atoms with Crippen LogP contribution in [-0.2, 0) is 11.0 Å². The molecule has 0 aliphatic heterocycles. The van der Waals surface area contributed by atoms with Gasteiger partial charge >= 0.3 is 12.1 Å². The number of hydrogen-bond acceptors (Lipinski definition) is 6. The zero-order valence-corrected chi connectivity index (χ0v) is 21.2. The van der Waals surface area contributed by atoms with E-state index in [-0.39, 0.29) is 22.3 Å². The molecule has 0 spiro atoms. The molecule has 0 atom stereocenters. The molecule has 202 valence electrons. The average Bonchev–Trinajstić information content (AvgIpc) is 2.95. The molecule has 0 aliphatic carbocycles. The molecule has 0 radical (unpaired) electrons. The number of methoxy groups -OCH3 is 2. The predicted molar refractivity (Wildman–Crippen MR) is 145 cm³/mol. The first-order valence-electron chi connectivity index (χ1n) is 12.0. The summed E-state index contributed by atoms with van der Waals surface area (Å²) in [6, 6.07) is 20.3. The second kappa shape index (κ2) is 10.6. The summed E-state index contributed by atoms with van der Waals surface area (Å²) in [4.78, 5) is 25.9. The van der Waals surface area contributed by atoms with E-state index < -0.39 is 28.9 Å². The summed E-state index contributed by atoms with van der Waals surface area (Å²) < 4.78 is 63.5. The summed E-state index contributed by atoms with van der Waals surface area (Å²) in [7, 11) is 2.98. The molecule has 40 heavy (non-hydrogen) atoms. The van der Waals surface area contributed by atoms with Crippen LogP contribution >= 0.6 is 0 Å². The fraction of sp³-hybridized carbons (Fsp3) is 0.0968. The van der Waals surface area contributed by atoms with Gasteiger partial charge in [0.1, 0.15) is 11.3 Å². The summed E-state index contributed by atoms with van der Waals surface area (Å²) in [5.74, 6) is -1.34. The van der Waals surface area contributed by atoms with Crippen molar-refractivity contribution in [2.45, 2.75) is 6.18 Å². The quantitative estimate of drug-likeness (QED) is 0.127. The Hall–Kier alpha value is -5.05. The van der Waals surface area contributed by atoms with Crippen molar-refractivity contribution in [2.75, 3.05) is 14.2 Å². The summed E-state index contributed by atoms with van der Waals surface area (Å²) in [6.07, 6.45) is -2.34. The molecule has 0 saturated heterocycles. The lowest BCUT2D eigenvalue weighted by Crippen LogP contribution is -2.16. The lowest BCUT2D eigenvalue weighted by atomic mass is 9.96. The molecule has 5 aromatic rings. The third-order valence-electron chi connectivity index (χ3n) is 6.22. The monoisotopic (exact) mass is 546 g/mol. The molecule has 4 aromatic carbocycles. The lowest BCUT2D eigenvalue weighted by Gasteiger charge is -2.14. The van der Waals surface area contributed by atoms with Crippen LogP contribution in [0, 0.1) is 0 Å². The van der Waals surface area contributed by atoms with E-state index >= 15 is 0 Å². The van der Waals surface area contributed by atoms with E-state index in [1.165, 1.54) is 38.5 Å². The van der Waals surface area contributed by atoms with Crippen molar-refractivity contribution in [3.63, 3.8) is 0 Å². The van der Waals surface area contributed by atoms with Gasteiger partial charge in [-0.25, -0.2) is 4.79 Å². The predicted octanol–water partition coefficient (Wildman–Crippen LogP) is 7.27. The van der Waals surface area contributed by atoms with Gasteiger partial charge < -0.3 is 18.6 Å². The van der Waals surface area contributed by atoms with Gasteiger partial charge in [-0.3, -0.25) is 4.79 Å². The van der Waals surface area contributed by atoms with Crippen LogP contribution in [0.25, 0.3) is 38.9 Å². The molecule has 9 heteroatoms. The third-order valence-corrected chi connectivity index (χ3v) is 6.22. The summed E-state index contributed by atoms with van der Waals surface area (Å²) in [5.41, 5.74) is -1.07. The van der Waals surface area contributed by atoms with E-state index in [4.69, 9.17) is 18.6 Å². The van der Waals surface area contributed by atoms with Crippen molar-refractivity contribution in [3.8, 4) is 28.4 Å². The number of benzene rings is 4. The zero-order valence-electron chi connectivity index (χ0n) is 21.2. The van der Waals surface area contributed by atoms with Gasteiger partial charge in [0.05, 0.1) is 25.2 Å². The van der Waals surface area contributed by atoms with Gasteiger partial charge in [-0.05, 0) is 52.2 Å². The van der Waals surface area contributed by atoms with E-state index in [0.717, 1.165) is 12.1 Å². The van der Waals surface area contributed by atoms with Crippen LogP contribution in [-0.4, -0.2) is 20.2 Å². The van der Waals surface area contributed by atoms with Crippen LogP contribution in [0.1, 0.15) is 11.3 Å². The van der Waals surface area contributed by atoms with Gasteiger partial charge in [0.15, 0.2) is 11.5 Å². The van der Waals surface area contributed by atoms with E-state index in [1.54, 1.807) is 54.6 Å². The number of fused-ring (bicyclic) bond motifs is 2. The molecule has 0 aliphatic rings. The van der Waals surface area contributed by atoms with Gasteiger partial charge in [0.25, 0.3) is 0 Å². The molecule has 0 amide bonds. The Labute approximate surface area is 225 Å². The highest BCUT2D eigenvalue weighted by molar-refractivity contribution is 5.99. The van der Waals surface area contributed by atoms with Gasteiger partial charge in [0, 0.05) is 12.1 Å². The minimum absolute atomic E-state index is 0.0865. The number of carbonyl (C=O) groups is 1. The standard InChI is InChI=1S/C31H21F3O6/c1-37-24-14-10-18(16-26(24)38-2)11-15-27(35)39-20-12-13-23-25(17-20)40-30(31(32,33)34)28(29(23)36)22-9-5-7-19-6-3-4-8-21(19)22/h3-17H,1-2H3. The van der Waals surface area contributed by atoms with Crippen molar-refractivity contribution < 1.29 is 36.6 Å². The van der Waals surface area contributed by atoms with Crippen molar-refractivity contribution in [1.29, 1.82) is 0 Å². The first kappa shape index (κ1) is 26.6. The maximum Gasteiger partial charge on any atom is 0.450 e. The molecule has 1 aromatic heterocycles. The highest BCUT2D eigenvalue weighted by Gasteiger charge is 2.39. The first-order valence-corrected chi connectivity index (χ1v) is 12.0. The fourth-order valence-corrected chi connectivity index (χ4v) is 4.40. The van der Waals surface area contributed by atoms with E-state index in [9.17, 15) is 22.8 Å². The minimum Gasteiger partial charge on any atom is -0.493 e. The molecular weight excluding hydrogens is 525 g/mol. The number of hydrogen-bond donors (Lipinski definition) is 0. The van der Waals surface area contributed by atoms with E-state index in [2.05, 4.69) is 0 Å². The topological polar surface area (TPSA) is 75.0 Å². The minimum atomic E-state index is -4.96. The lowest BCUT2D eigenvalue weighted by molar-refractivity contribution is -0.152. The van der Waals surface area contributed by atoms with E-state index in [0.29, 0.717) is 27.8 Å². The third kappa shape index (κ3) is 5.13. The van der Waals surface area contributed by atoms with Crippen LogP contribution < -0.4 is 19.6 Å². The molecular formula is C31H21F3O6. The Kier molecular flexibility index (Phi) is 7.04. The number of ether oxygens (including phenoxy) is 3. The molecule has 6 nitrogen and oxygen atoms in total. The van der Waals surface area contributed by atoms with Crippen LogP contribution in [0.3, 0.4) is 0 Å². The molecule has 1 heterocycles. The van der Waals surface area contributed by atoms with Crippen LogP contribution in [0.5, 0.6) is 17.2 Å². The summed E-state index contributed by atoms with van der Waals surface area (Å²) >= 11 is 0. The van der Waals surface area contributed by atoms with Crippen molar-refractivity contribution in [2.24, 2.45) is 0 Å². The normalized spacial score (nSPS) is 11.7. The first-order chi connectivity index (χ1) is 19.2. The van der Waals surface area contributed by atoms with Gasteiger partial charge in [-0.1, -0.05) is 48.5 Å². The van der Waals surface area contributed by atoms with Crippen molar-refractivity contribution >= 4 is 33.8 Å². The maximum atomic E-state index is 14.2. The number of rotatable bonds is 6. The number of alkyl halides is 3. The Morgan fingerprint density at radius 1 is 0.850 bits per heavy atom.